The van der Waals surface area contributed by atoms with Crippen LogP contribution in [0.2, 0.25) is 0 Å². The number of allylic oxidation sites excluding steroid dienone is 1. The third kappa shape index (κ3) is 2.80. The Hall–Kier alpha value is -0.620. The zero-order chi connectivity index (χ0) is 12.9. The van der Waals surface area contributed by atoms with Crippen LogP contribution in [0.5, 0.6) is 0 Å². The molecule has 0 amide bonds. The van der Waals surface area contributed by atoms with Crippen molar-refractivity contribution in [1.29, 1.82) is 0 Å². The van der Waals surface area contributed by atoms with Gasteiger partial charge in [0.1, 0.15) is 0 Å². The van der Waals surface area contributed by atoms with Crippen molar-refractivity contribution in [2.75, 3.05) is 25.7 Å². The largest absolute Gasteiger partial charge is 0.468 e. The standard InChI is InChI=1S/C11H16O4S2/c1-8-4-5-16-6-7-17-11(8,9(12)14-2)10(13)15-3/h4-5,8H,6-7H2,1-3H3/b5-4-. The minimum absolute atomic E-state index is 0.264. The molecule has 1 rings (SSSR count). The Bertz CT molecular complexity index is 311. The van der Waals surface area contributed by atoms with Gasteiger partial charge in [0.05, 0.1) is 14.2 Å². The lowest BCUT2D eigenvalue weighted by atomic mass is 9.93. The van der Waals surface area contributed by atoms with Gasteiger partial charge < -0.3 is 9.47 Å². The van der Waals surface area contributed by atoms with E-state index in [9.17, 15) is 9.59 Å². The maximum absolute atomic E-state index is 12.0. The molecule has 0 saturated heterocycles. The first-order valence-electron chi connectivity index (χ1n) is 5.18. The molecular weight excluding hydrogens is 260 g/mol. The van der Waals surface area contributed by atoms with E-state index >= 15 is 0 Å². The van der Waals surface area contributed by atoms with E-state index in [2.05, 4.69) is 0 Å². The number of carbonyl (C=O) groups is 2. The number of esters is 2. The highest BCUT2D eigenvalue weighted by Crippen LogP contribution is 2.39. The normalized spacial score (nSPS) is 25.2. The maximum atomic E-state index is 12.0. The fraction of sp³-hybridized carbons (Fsp3) is 0.636. The van der Waals surface area contributed by atoms with E-state index in [1.165, 1.54) is 26.0 Å². The van der Waals surface area contributed by atoms with Crippen molar-refractivity contribution in [3.8, 4) is 0 Å². The number of hydrogen-bond donors (Lipinski definition) is 0. The number of rotatable bonds is 2. The lowest BCUT2D eigenvalue weighted by molar-refractivity contribution is -0.157. The van der Waals surface area contributed by atoms with Crippen molar-refractivity contribution in [2.24, 2.45) is 5.92 Å². The molecular formula is C11H16O4S2. The molecule has 1 unspecified atom stereocenters. The summed E-state index contributed by atoms with van der Waals surface area (Å²) in [7, 11) is 2.58. The van der Waals surface area contributed by atoms with Gasteiger partial charge in [-0.05, 0) is 5.41 Å². The summed E-state index contributed by atoms with van der Waals surface area (Å²) in [5.41, 5.74) is 0. The van der Waals surface area contributed by atoms with E-state index in [0.29, 0.717) is 5.75 Å². The van der Waals surface area contributed by atoms with Crippen LogP contribution in [-0.2, 0) is 19.1 Å². The zero-order valence-electron chi connectivity index (χ0n) is 10.1. The summed E-state index contributed by atoms with van der Waals surface area (Å²) in [5.74, 6) is 0.199. The van der Waals surface area contributed by atoms with Crippen molar-refractivity contribution in [1.82, 2.24) is 0 Å². The molecule has 0 saturated carbocycles. The molecule has 96 valence electrons. The summed E-state index contributed by atoms with van der Waals surface area (Å²) >= 11 is 2.96. The average molecular weight is 276 g/mol. The van der Waals surface area contributed by atoms with E-state index in [4.69, 9.17) is 9.47 Å². The molecule has 0 fully saturated rings. The fourth-order valence-corrected chi connectivity index (χ4v) is 3.90. The molecule has 1 atom stereocenters. The third-order valence-electron chi connectivity index (χ3n) is 2.61. The van der Waals surface area contributed by atoms with Crippen LogP contribution in [0, 0.1) is 5.92 Å². The molecule has 0 aromatic heterocycles. The first-order chi connectivity index (χ1) is 8.09. The van der Waals surface area contributed by atoms with Crippen molar-refractivity contribution in [2.45, 2.75) is 11.7 Å². The van der Waals surface area contributed by atoms with Gasteiger partial charge in [0.15, 0.2) is 0 Å². The summed E-state index contributed by atoms with van der Waals surface area (Å²) in [6.07, 6.45) is 1.85. The van der Waals surface area contributed by atoms with E-state index in [1.54, 1.807) is 11.8 Å². The fourth-order valence-electron chi connectivity index (χ4n) is 1.64. The summed E-state index contributed by atoms with van der Waals surface area (Å²) in [6.45, 7) is 1.82. The number of thioether (sulfide) groups is 2. The average Bonchev–Trinajstić information content (AvgIpc) is 2.33. The van der Waals surface area contributed by atoms with Crippen LogP contribution >= 0.6 is 23.5 Å². The Balaban J connectivity index is 3.16. The highest BCUT2D eigenvalue weighted by atomic mass is 32.2. The van der Waals surface area contributed by atoms with Crippen molar-refractivity contribution >= 4 is 35.5 Å². The van der Waals surface area contributed by atoms with E-state index < -0.39 is 16.7 Å². The van der Waals surface area contributed by atoms with Crippen LogP contribution in [0.4, 0.5) is 0 Å². The summed E-state index contributed by atoms with van der Waals surface area (Å²) in [6, 6.07) is 0. The Morgan fingerprint density at radius 1 is 1.24 bits per heavy atom. The first-order valence-corrected chi connectivity index (χ1v) is 7.22. The molecule has 17 heavy (non-hydrogen) atoms. The zero-order valence-corrected chi connectivity index (χ0v) is 11.7. The lowest BCUT2D eigenvalue weighted by Gasteiger charge is -2.32. The SMILES string of the molecule is COC(=O)C1(C(=O)OC)SCCS/C=C\C1C. The highest BCUT2D eigenvalue weighted by Gasteiger charge is 2.52. The lowest BCUT2D eigenvalue weighted by Crippen LogP contribution is -2.50. The minimum Gasteiger partial charge on any atom is -0.468 e. The number of methoxy groups -OCH3 is 2. The molecule has 0 N–H and O–H groups in total. The van der Waals surface area contributed by atoms with E-state index in [1.807, 2.05) is 18.4 Å². The molecule has 0 spiro atoms. The molecule has 1 aliphatic heterocycles. The Labute approximate surface area is 109 Å². The molecule has 0 aliphatic carbocycles. The van der Waals surface area contributed by atoms with E-state index in [0.717, 1.165) is 5.75 Å². The van der Waals surface area contributed by atoms with Crippen molar-refractivity contribution in [3.05, 3.63) is 11.5 Å². The van der Waals surface area contributed by atoms with Crippen LogP contribution in [0.15, 0.2) is 11.5 Å². The summed E-state index contributed by atoms with van der Waals surface area (Å²) < 4.78 is 8.29. The van der Waals surface area contributed by atoms with Crippen LogP contribution in [-0.4, -0.2) is 42.4 Å². The first kappa shape index (κ1) is 14.4. The molecule has 0 aromatic carbocycles. The van der Waals surface area contributed by atoms with Gasteiger partial charge in [-0.2, -0.15) is 0 Å². The van der Waals surface area contributed by atoms with Gasteiger partial charge in [0.25, 0.3) is 0 Å². The van der Waals surface area contributed by atoms with Crippen LogP contribution in [0.1, 0.15) is 6.92 Å². The molecule has 0 aromatic rings. The van der Waals surface area contributed by atoms with Gasteiger partial charge in [-0.1, -0.05) is 13.0 Å². The second-order valence-electron chi connectivity index (χ2n) is 3.56. The van der Waals surface area contributed by atoms with Gasteiger partial charge >= 0.3 is 11.9 Å². The predicted molar refractivity (Wildman–Crippen MR) is 70.0 cm³/mol. The van der Waals surface area contributed by atoms with Crippen LogP contribution in [0.3, 0.4) is 0 Å². The number of hydrogen-bond acceptors (Lipinski definition) is 6. The predicted octanol–water partition coefficient (Wildman–Crippen LogP) is 1.70. The molecule has 6 heteroatoms. The van der Waals surface area contributed by atoms with E-state index in [-0.39, 0.29) is 5.92 Å². The minimum atomic E-state index is -1.28. The van der Waals surface area contributed by atoms with Gasteiger partial charge in [-0.15, -0.1) is 23.5 Å². The third-order valence-corrected chi connectivity index (χ3v) is 5.23. The molecule has 4 nitrogen and oxygen atoms in total. The quantitative estimate of drug-likeness (QED) is 0.565. The second-order valence-corrected chi connectivity index (χ2v) is 5.91. The van der Waals surface area contributed by atoms with Crippen LogP contribution in [0.25, 0.3) is 0 Å². The molecule has 1 heterocycles. The molecule has 0 bridgehead atoms. The topological polar surface area (TPSA) is 52.6 Å². The summed E-state index contributed by atoms with van der Waals surface area (Å²) in [4.78, 5) is 24.0. The number of ether oxygens (including phenoxy) is 2. The maximum Gasteiger partial charge on any atom is 0.334 e. The van der Waals surface area contributed by atoms with Crippen molar-refractivity contribution in [3.63, 3.8) is 0 Å². The van der Waals surface area contributed by atoms with Gasteiger partial charge in [-0.25, -0.2) is 9.59 Å². The monoisotopic (exact) mass is 276 g/mol. The Kier molecular flexibility index (Phi) is 5.39. The number of carbonyl (C=O) groups excluding carboxylic acids is 2. The molecule has 1 aliphatic rings. The summed E-state index contributed by atoms with van der Waals surface area (Å²) in [5, 5.41) is 1.92. The second kappa shape index (κ2) is 6.35. The van der Waals surface area contributed by atoms with Gasteiger partial charge in [0.2, 0.25) is 4.75 Å². The van der Waals surface area contributed by atoms with Gasteiger partial charge in [0, 0.05) is 17.4 Å². The Morgan fingerprint density at radius 2 is 1.82 bits per heavy atom. The Morgan fingerprint density at radius 3 is 2.35 bits per heavy atom. The smallest absolute Gasteiger partial charge is 0.334 e. The molecule has 0 radical (unpaired) electrons. The van der Waals surface area contributed by atoms with Crippen molar-refractivity contribution < 1.29 is 19.1 Å². The van der Waals surface area contributed by atoms with Crippen LogP contribution < -0.4 is 0 Å². The highest BCUT2D eigenvalue weighted by molar-refractivity contribution is 8.05. The van der Waals surface area contributed by atoms with Gasteiger partial charge in [-0.3, -0.25) is 0 Å².